The van der Waals surface area contributed by atoms with Crippen molar-refractivity contribution in [3.05, 3.63) is 42.4 Å². The Balaban J connectivity index is 2.55. The molecular formula is C9H10O. The number of furan rings is 1. The Morgan fingerprint density at radius 1 is 1.40 bits per heavy atom. The third-order valence-corrected chi connectivity index (χ3v) is 1.11. The Bertz CT molecular complexity index is 217. The maximum atomic E-state index is 5.06. The van der Waals surface area contributed by atoms with Gasteiger partial charge in [0.2, 0.25) is 0 Å². The van der Waals surface area contributed by atoms with Gasteiger partial charge in [0.1, 0.15) is 5.76 Å². The molecule has 1 heteroatoms. The first kappa shape index (κ1) is 6.87. The van der Waals surface area contributed by atoms with Crippen molar-refractivity contribution in [2.75, 3.05) is 0 Å². The van der Waals surface area contributed by atoms with E-state index in [2.05, 4.69) is 0 Å². The quantitative estimate of drug-likeness (QED) is 0.567. The van der Waals surface area contributed by atoms with Crippen molar-refractivity contribution in [1.82, 2.24) is 0 Å². The van der Waals surface area contributed by atoms with Crippen molar-refractivity contribution in [1.29, 1.82) is 0 Å². The lowest BCUT2D eigenvalue weighted by molar-refractivity contribution is 0.557. The molecule has 52 valence electrons. The summed E-state index contributed by atoms with van der Waals surface area (Å²) in [5.41, 5.74) is 0. The molecule has 0 aromatic carbocycles. The minimum atomic E-state index is 0.887. The summed E-state index contributed by atoms with van der Waals surface area (Å²) in [6, 6.07) is 3.79. The van der Waals surface area contributed by atoms with Gasteiger partial charge in [0.05, 0.1) is 6.26 Å². The normalized spacial score (nSPS) is 11.7. The minimum Gasteiger partial charge on any atom is -0.465 e. The molecule has 0 bridgehead atoms. The van der Waals surface area contributed by atoms with E-state index >= 15 is 0 Å². The van der Waals surface area contributed by atoms with Gasteiger partial charge in [-0.05, 0) is 25.1 Å². The van der Waals surface area contributed by atoms with Crippen LogP contribution in [0.25, 0.3) is 6.08 Å². The van der Waals surface area contributed by atoms with E-state index in [1.807, 2.05) is 43.4 Å². The monoisotopic (exact) mass is 134 g/mol. The van der Waals surface area contributed by atoms with Crippen molar-refractivity contribution < 1.29 is 4.42 Å². The fourth-order valence-corrected chi connectivity index (χ4v) is 0.648. The summed E-state index contributed by atoms with van der Waals surface area (Å²) in [6.07, 6.45) is 9.45. The fourth-order valence-electron chi connectivity index (χ4n) is 0.648. The van der Waals surface area contributed by atoms with Gasteiger partial charge in [-0.25, -0.2) is 0 Å². The molecule has 0 atom stereocenters. The van der Waals surface area contributed by atoms with Gasteiger partial charge in [0.25, 0.3) is 0 Å². The molecule has 1 aromatic rings. The van der Waals surface area contributed by atoms with Gasteiger partial charge in [0, 0.05) is 0 Å². The standard InChI is InChI=1S/C9H10O/c1-2-3-4-6-9-7-5-8-10-9/h2-8H,1H3/b3-2+,6-4+. The molecule has 10 heavy (non-hydrogen) atoms. The molecule has 0 aliphatic rings. The van der Waals surface area contributed by atoms with Crippen molar-refractivity contribution in [3.63, 3.8) is 0 Å². The zero-order valence-corrected chi connectivity index (χ0v) is 5.95. The van der Waals surface area contributed by atoms with Crippen LogP contribution in [0.3, 0.4) is 0 Å². The highest BCUT2D eigenvalue weighted by molar-refractivity contribution is 5.44. The third kappa shape index (κ3) is 1.94. The summed E-state index contributed by atoms with van der Waals surface area (Å²) >= 11 is 0. The summed E-state index contributed by atoms with van der Waals surface area (Å²) in [7, 11) is 0. The topological polar surface area (TPSA) is 13.1 Å². The summed E-state index contributed by atoms with van der Waals surface area (Å²) in [5.74, 6) is 0.887. The molecule has 0 unspecified atom stereocenters. The second-order valence-corrected chi connectivity index (χ2v) is 1.90. The Hall–Kier alpha value is -1.24. The molecular weight excluding hydrogens is 124 g/mol. The van der Waals surface area contributed by atoms with E-state index in [-0.39, 0.29) is 0 Å². The molecule has 1 rings (SSSR count). The molecule has 0 saturated heterocycles. The summed E-state index contributed by atoms with van der Waals surface area (Å²) in [4.78, 5) is 0. The lowest BCUT2D eigenvalue weighted by Crippen LogP contribution is -1.56. The van der Waals surface area contributed by atoms with Crippen LogP contribution in [0.15, 0.2) is 41.0 Å². The van der Waals surface area contributed by atoms with Crippen LogP contribution in [-0.4, -0.2) is 0 Å². The largest absolute Gasteiger partial charge is 0.465 e. The van der Waals surface area contributed by atoms with E-state index in [9.17, 15) is 0 Å². The van der Waals surface area contributed by atoms with Crippen LogP contribution in [0, 0.1) is 0 Å². The number of rotatable bonds is 2. The molecule has 0 spiro atoms. The molecule has 0 saturated carbocycles. The molecule has 0 amide bonds. The second kappa shape index (κ2) is 3.72. The van der Waals surface area contributed by atoms with Crippen molar-refractivity contribution in [2.45, 2.75) is 6.92 Å². The molecule has 1 aromatic heterocycles. The van der Waals surface area contributed by atoms with E-state index in [1.165, 1.54) is 0 Å². The lowest BCUT2D eigenvalue weighted by Gasteiger charge is -1.78. The van der Waals surface area contributed by atoms with Crippen LogP contribution in [0.5, 0.6) is 0 Å². The maximum Gasteiger partial charge on any atom is 0.126 e. The first-order chi connectivity index (χ1) is 4.93. The van der Waals surface area contributed by atoms with Crippen LogP contribution in [0.4, 0.5) is 0 Å². The second-order valence-electron chi connectivity index (χ2n) is 1.90. The highest BCUT2D eigenvalue weighted by Gasteiger charge is 1.82. The van der Waals surface area contributed by atoms with E-state index in [4.69, 9.17) is 4.42 Å². The summed E-state index contributed by atoms with van der Waals surface area (Å²) < 4.78 is 5.06. The van der Waals surface area contributed by atoms with E-state index in [1.54, 1.807) is 6.26 Å². The molecule has 0 N–H and O–H groups in total. The first-order valence-electron chi connectivity index (χ1n) is 3.26. The van der Waals surface area contributed by atoms with Crippen LogP contribution in [0.1, 0.15) is 12.7 Å². The molecule has 1 nitrogen and oxygen atoms in total. The van der Waals surface area contributed by atoms with Gasteiger partial charge in [-0.1, -0.05) is 18.2 Å². The maximum absolute atomic E-state index is 5.06. The Labute approximate surface area is 60.7 Å². The van der Waals surface area contributed by atoms with Crippen LogP contribution < -0.4 is 0 Å². The van der Waals surface area contributed by atoms with Gasteiger partial charge in [-0.15, -0.1) is 0 Å². The lowest BCUT2D eigenvalue weighted by atomic mass is 10.4. The van der Waals surface area contributed by atoms with Crippen LogP contribution >= 0.6 is 0 Å². The van der Waals surface area contributed by atoms with Gasteiger partial charge in [-0.3, -0.25) is 0 Å². The zero-order valence-electron chi connectivity index (χ0n) is 5.95. The highest BCUT2D eigenvalue weighted by atomic mass is 16.3. The number of hydrogen-bond acceptors (Lipinski definition) is 1. The van der Waals surface area contributed by atoms with Crippen molar-refractivity contribution >= 4 is 6.08 Å². The van der Waals surface area contributed by atoms with Gasteiger partial charge < -0.3 is 4.42 Å². The molecule has 0 aliphatic heterocycles. The van der Waals surface area contributed by atoms with E-state index in [0.29, 0.717) is 0 Å². The SMILES string of the molecule is C/C=C/C=C/c1ccco1. The Morgan fingerprint density at radius 2 is 2.30 bits per heavy atom. The average Bonchev–Trinajstić information content (AvgIpc) is 2.41. The molecule has 0 aliphatic carbocycles. The molecule has 1 heterocycles. The van der Waals surface area contributed by atoms with Gasteiger partial charge in [0.15, 0.2) is 0 Å². The Kier molecular flexibility index (Phi) is 2.56. The molecule has 0 radical (unpaired) electrons. The first-order valence-corrected chi connectivity index (χ1v) is 3.26. The fraction of sp³-hybridized carbons (Fsp3) is 0.111. The zero-order chi connectivity index (χ0) is 7.23. The van der Waals surface area contributed by atoms with Crippen molar-refractivity contribution in [2.24, 2.45) is 0 Å². The number of allylic oxidation sites excluding steroid dienone is 3. The summed E-state index contributed by atoms with van der Waals surface area (Å²) in [6.45, 7) is 1.98. The minimum absolute atomic E-state index is 0.887. The third-order valence-electron chi connectivity index (χ3n) is 1.11. The van der Waals surface area contributed by atoms with Gasteiger partial charge in [-0.2, -0.15) is 0 Å². The Morgan fingerprint density at radius 3 is 2.90 bits per heavy atom. The predicted octanol–water partition coefficient (Wildman–Crippen LogP) is 2.87. The van der Waals surface area contributed by atoms with E-state index < -0.39 is 0 Å². The number of hydrogen-bond donors (Lipinski definition) is 0. The van der Waals surface area contributed by atoms with Gasteiger partial charge >= 0.3 is 0 Å². The predicted molar refractivity (Wildman–Crippen MR) is 42.6 cm³/mol. The van der Waals surface area contributed by atoms with E-state index in [0.717, 1.165) is 5.76 Å². The highest BCUT2D eigenvalue weighted by Crippen LogP contribution is 2.01. The van der Waals surface area contributed by atoms with Crippen LogP contribution in [-0.2, 0) is 0 Å². The van der Waals surface area contributed by atoms with Crippen LogP contribution in [0.2, 0.25) is 0 Å². The molecule has 0 fully saturated rings. The summed E-state index contributed by atoms with van der Waals surface area (Å²) in [5, 5.41) is 0. The van der Waals surface area contributed by atoms with Crippen molar-refractivity contribution in [3.8, 4) is 0 Å². The smallest absolute Gasteiger partial charge is 0.126 e. The average molecular weight is 134 g/mol.